The minimum atomic E-state index is 0.0342. The molecule has 3 heterocycles. The normalized spacial score (nSPS) is 19.7. The van der Waals surface area contributed by atoms with Crippen molar-refractivity contribution in [1.29, 1.82) is 0 Å². The fourth-order valence-corrected chi connectivity index (χ4v) is 4.14. The summed E-state index contributed by atoms with van der Waals surface area (Å²) in [5, 5.41) is 13.1. The number of nitrogens with zero attached hydrogens (tertiary/aromatic N) is 2. The first-order valence-corrected chi connectivity index (χ1v) is 10.1. The quantitative estimate of drug-likeness (QED) is 0.681. The summed E-state index contributed by atoms with van der Waals surface area (Å²) < 4.78 is 5.52. The number of rotatable bonds is 6. The Labute approximate surface area is 162 Å². The van der Waals surface area contributed by atoms with Crippen LogP contribution in [0, 0.1) is 11.8 Å². The Morgan fingerprint density at radius 3 is 3.00 bits per heavy atom. The molecule has 1 aromatic carbocycles. The Morgan fingerprint density at radius 1 is 1.30 bits per heavy atom. The SMILES string of the molecule is O=C(CC1CCNCC1Cc1cc(-c2ccccc2)on1)Nc1nccs1. The van der Waals surface area contributed by atoms with Gasteiger partial charge in [0.05, 0.1) is 5.69 Å². The number of amides is 1. The molecule has 4 rings (SSSR count). The van der Waals surface area contributed by atoms with Crippen molar-refractivity contribution in [3.63, 3.8) is 0 Å². The third-order valence-corrected chi connectivity index (χ3v) is 5.67. The van der Waals surface area contributed by atoms with E-state index in [2.05, 4.69) is 20.8 Å². The molecule has 1 saturated heterocycles. The van der Waals surface area contributed by atoms with Crippen molar-refractivity contribution in [2.75, 3.05) is 18.4 Å². The third-order valence-electron chi connectivity index (χ3n) is 4.98. The summed E-state index contributed by atoms with van der Waals surface area (Å²) in [5.74, 6) is 1.50. The first-order valence-electron chi connectivity index (χ1n) is 9.19. The minimum absolute atomic E-state index is 0.0342. The fourth-order valence-electron chi connectivity index (χ4n) is 3.59. The smallest absolute Gasteiger partial charge is 0.226 e. The molecule has 2 atom stereocenters. The van der Waals surface area contributed by atoms with Crippen molar-refractivity contribution in [1.82, 2.24) is 15.5 Å². The van der Waals surface area contributed by atoms with Crippen molar-refractivity contribution in [2.45, 2.75) is 19.3 Å². The van der Waals surface area contributed by atoms with Gasteiger partial charge in [0.25, 0.3) is 0 Å². The second-order valence-electron chi connectivity index (χ2n) is 6.86. The number of nitrogens with one attached hydrogen (secondary N) is 2. The lowest BCUT2D eigenvalue weighted by atomic mass is 9.81. The van der Waals surface area contributed by atoms with Crippen LogP contribution < -0.4 is 10.6 Å². The molecule has 1 fully saturated rings. The van der Waals surface area contributed by atoms with Gasteiger partial charge in [0.15, 0.2) is 10.9 Å². The Morgan fingerprint density at radius 2 is 2.19 bits per heavy atom. The van der Waals surface area contributed by atoms with E-state index in [0.29, 0.717) is 23.4 Å². The van der Waals surface area contributed by atoms with Gasteiger partial charge in [-0.25, -0.2) is 4.98 Å². The van der Waals surface area contributed by atoms with E-state index in [-0.39, 0.29) is 5.91 Å². The summed E-state index contributed by atoms with van der Waals surface area (Å²) >= 11 is 1.44. The Kier molecular flexibility index (Phi) is 5.60. The van der Waals surface area contributed by atoms with Crippen LogP contribution in [-0.2, 0) is 11.2 Å². The van der Waals surface area contributed by atoms with Crippen LogP contribution in [-0.4, -0.2) is 29.1 Å². The van der Waals surface area contributed by atoms with Crippen LogP contribution in [0.1, 0.15) is 18.5 Å². The first-order chi connectivity index (χ1) is 13.3. The van der Waals surface area contributed by atoms with Gasteiger partial charge < -0.3 is 15.2 Å². The molecule has 3 aromatic rings. The number of thiazole rings is 1. The third kappa shape index (κ3) is 4.61. The highest BCUT2D eigenvalue weighted by Crippen LogP contribution is 2.28. The summed E-state index contributed by atoms with van der Waals surface area (Å²) in [4.78, 5) is 16.5. The molecule has 140 valence electrons. The number of carbonyl (C=O) groups excluding carboxylic acids is 1. The van der Waals surface area contributed by atoms with Gasteiger partial charge >= 0.3 is 0 Å². The Hall–Kier alpha value is -2.51. The van der Waals surface area contributed by atoms with Gasteiger partial charge in [0.1, 0.15) is 0 Å². The molecule has 27 heavy (non-hydrogen) atoms. The zero-order valence-electron chi connectivity index (χ0n) is 14.9. The van der Waals surface area contributed by atoms with Gasteiger partial charge in [0, 0.05) is 29.6 Å². The minimum Gasteiger partial charge on any atom is -0.356 e. The molecule has 0 aliphatic carbocycles. The molecule has 6 nitrogen and oxygen atoms in total. The molecular formula is C20H22N4O2S. The van der Waals surface area contributed by atoms with Crippen LogP contribution in [0.5, 0.6) is 0 Å². The number of hydrogen-bond donors (Lipinski definition) is 2. The van der Waals surface area contributed by atoms with Crippen LogP contribution >= 0.6 is 11.3 Å². The molecule has 2 N–H and O–H groups in total. The van der Waals surface area contributed by atoms with Crippen LogP contribution in [0.2, 0.25) is 0 Å². The van der Waals surface area contributed by atoms with Crippen LogP contribution in [0.4, 0.5) is 5.13 Å². The first kappa shape index (κ1) is 17.9. The molecule has 1 aliphatic rings. The van der Waals surface area contributed by atoms with Gasteiger partial charge in [-0.2, -0.15) is 0 Å². The van der Waals surface area contributed by atoms with E-state index in [1.165, 1.54) is 11.3 Å². The summed E-state index contributed by atoms with van der Waals surface area (Å²) in [5.41, 5.74) is 1.96. The number of hydrogen-bond acceptors (Lipinski definition) is 6. The predicted octanol–water partition coefficient (Wildman–Crippen LogP) is 3.60. The predicted molar refractivity (Wildman–Crippen MR) is 105 cm³/mol. The number of anilines is 1. The van der Waals surface area contributed by atoms with Gasteiger partial charge in [-0.15, -0.1) is 11.3 Å². The standard InChI is InChI=1S/C20H22N4O2S/c25-19(23-20-22-8-9-27-20)11-15-6-7-21-13-16(15)10-17-12-18(26-24-17)14-4-2-1-3-5-14/h1-5,8-9,12,15-16,21H,6-7,10-11,13H2,(H,22,23,25). The summed E-state index contributed by atoms with van der Waals surface area (Å²) in [6.07, 6.45) is 4.00. The van der Waals surface area contributed by atoms with Crippen LogP contribution in [0.25, 0.3) is 11.3 Å². The maximum atomic E-state index is 12.4. The highest BCUT2D eigenvalue weighted by Gasteiger charge is 2.28. The van der Waals surface area contributed by atoms with Crippen molar-refractivity contribution < 1.29 is 9.32 Å². The highest BCUT2D eigenvalue weighted by molar-refractivity contribution is 7.13. The maximum absolute atomic E-state index is 12.4. The Bertz CT molecular complexity index is 863. The van der Waals surface area contributed by atoms with E-state index in [9.17, 15) is 4.79 Å². The van der Waals surface area contributed by atoms with Crippen molar-refractivity contribution in [3.8, 4) is 11.3 Å². The topological polar surface area (TPSA) is 80.0 Å². The zero-order valence-corrected chi connectivity index (χ0v) is 15.7. The number of carbonyl (C=O) groups is 1. The van der Waals surface area contributed by atoms with Crippen molar-refractivity contribution in [2.24, 2.45) is 11.8 Å². The van der Waals surface area contributed by atoms with Gasteiger partial charge in [0.2, 0.25) is 5.91 Å². The number of benzene rings is 1. The van der Waals surface area contributed by atoms with Gasteiger partial charge in [-0.1, -0.05) is 35.5 Å². The molecular weight excluding hydrogens is 360 g/mol. The molecule has 0 radical (unpaired) electrons. The molecule has 0 bridgehead atoms. The van der Waals surface area contributed by atoms with Gasteiger partial charge in [-0.3, -0.25) is 4.79 Å². The molecule has 0 spiro atoms. The van der Waals surface area contributed by atoms with E-state index in [4.69, 9.17) is 4.52 Å². The van der Waals surface area contributed by atoms with E-state index in [1.807, 2.05) is 41.8 Å². The summed E-state index contributed by atoms with van der Waals surface area (Å²) in [6, 6.07) is 12.0. The molecule has 2 unspecified atom stereocenters. The van der Waals surface area contributed by atoms with Crippen molar-refractivity contribution >= 4 is 22.4 Å². The average molecular weight is 382 g/mol. The Balaban J connectivity index is 1.39. The monoisotopic (exact) mass is 382 g/mol. The van der Waals surface area contributed by atoms with E-state index < -0.39 is 0 Å². The lowest BCUT2D eigenvalue weighted by Gasteiger charge is -2.31. The van der Waals surface area contributed by atoms with Crippen LogP contribution in [0.3, 0.4) is 0 Å². The molecule has 2 aromatic heterocycles. The largest absolute Gasteiger partial charge is 0.356 e. The molecule has 0 saturated carbocycles. The second-order valence-corrected chi connectivity index (χ2v) is 7.75. The lowest BCUT2D eigenvalue weighted by molar-refractivity contribution is -0.117. The van der Waals surface area contributed by atoms with Crippen molar-refractivity contribution in [3.05, 3.63) is 53.7 Å². The lowest BCUT2D eigenvalue weighted by Crippen LogP contribution is -2.39. The second kappa shape index (κ2) is 8.45. The van der Waals surface area contributed by atoms with E-state index in [1.54, 1.807) is 6.20 Å². The highest BCUT2D eigenvalue weighted by atomic mass is 32.1. The average Bonchev–Trinajstić information content (AvgIpc) is 3.36. The summed E-state index contributed by atoms with van der Waals surface area (Å²) in [6.45, 7) is 1.84. The van der Waals surface area contributed by atoms with Crippen LogP contribution in [0.15, 0.2) is 52.5 Å². The fraction of sp³-hybridized carbons (Fsp3) is 0.350. The molecule has 1 aliphatic heterocycles. The zero-order chi connectivity index (χ0) is 18.5. The number of aromatic nitrogens is 2. The molecule has 7 heteroatoms. The van der Waals surface area contributed by atoms with Gasteiger partial charge in [-0.05, 0) is 37.8 Å². The summed E-state index contributed by atoms with van der Waals surface area (Å²) in [7, 11) is 0. The number of piperidine rings is 1. The van der Waals surface area contributed by atoms with E-state index >= 15 is 0 Å². The maximum Gasteiger partial charge on any atom is 0.226 e. The molecule has 1 amide bonds. The van der Waals surface area contributed by atoms with E-state index in [0.717, 1.165) is 42.9 Å².